The van der Waals surface area contributed by atoms with Crippen LogP contribution in [0.15, 0.2) is 12.7 Å². The number of aliphatic hydroxyl groups is 1. The average Bonchev–Trinajstić information content (AvgIpc) is 3.17. The van der Waals surface area contributed by atoms with Crippen molar-refractivity contribution >= 4 is 17.0 Å². The third-order valence-corrected chi connectivity index (χ3v) is 4.20. The van der Waals surface area contributed by atoms with Crippen LogP contribution in [-0.4, -0.2) is 56.2 Å². The van der Waals surface area contributed by atoms with E-state index in [1.54, 1.807) is 10.9 Å². The number of ether oxygens (including phenoxy) is 2. The molecule has 3 heterocycles. The highest BCUT2D eigenvalue weighted by Gasteiger charge is 2.30. The molecular weight excluding hydrogens is 288 g/mol. The largest absolute Gasteiger partial charge is 0.391 e. The number of aliphatic hydroxyl groups excluding tert-OH is 1. The Hall–Kier alpha value is -1.81. The lowest BCUT2D eigenvalue weighted by molar-refractivity contribution is -0.0980. The number of imidazole rings is 1. The standard InChI is InChI=1S/C13H18N6O3/c14-7-1-2-8(7)18-12-11-13(16-5-15-12)19(6-17-11)9-4-21-10(3-20)22-9/h5-10,20H,1-4,14H2,(H,15,16,18)/t7?,8?,9-,10-/m1/s1. The highest BCUT2D eigenvalue weighted by molar-refractivity contribution is 5.82. The molecule has 2 fully saturated rings. The first-order chi connectivity index (χ1) is 10.8. The molecule has 1 saturated carbocycles. The fraction of sp³-hybridized carbons (Fsp3) is 0.615. The SMILES string of the molecule is NC1CCC1Nc1ncnc2c1ncn2[C@H]1CO[C@@H](CO)O1. The van der Waals surface area contributed by atoms with Crippen LogP contribution in [0.2, 0.25) is 0 Å². The normalized spacial score (nSPS) is 31.4. The summed E-state index contributed by atoms with van der Waals surface area (Å²) >= 11 is 0. The fourth-order valence-electron chi connectivity index (χ4n) is 2.73. The molecule has 0 aromatic carbocycles. The van der Waals surface area contributed by atoms with Gasteiger partial charge in [0.15, 0.2) is 29.5 Å². The van der Waals surface area contributed by atoms with Crippen molar-refractivity contribution in [1.29, 1.82) is 0 Å². The van der Waals surface area contributed by atoms with E-state index >= 15 is 0 Å². The fourth-order valence-corrected chi connectivity index (χ4v) is 2.73. The van der Waals surface area contributed by atoms with Crippen molar-refractivity contribution in [2.24, 2.45) is 5.73 Å². The molecule has 0 amide bonds. The Morgan fingerprint density at radius 3 is 2.95 bits per heavy atom. The topological polar surface area (TPSA) is 120 Å². The van der Waals surface area contributed by atoms with Crippen molar-refractivity contribution in [3.05, 3.63) is 12.7 Å². The van der Waals surface area contributed by atoms with Crippen LogP contribution in [-0.2, 0) is 9.47 Å². The van der Waals surface area contributed by atoms with Gasteiger partial charge in [-0.1, -0.05) is 0 Å². The van der Waals surface area contributed by atoms with E-state index in [-0.39, 0.29) is 24.9 Å². The molecule has 4 rings (SSSR count). The van der Waals surface area contributed by atoms with Gasteiger partial charge in [-0.3, -0.25) is 4.57 Å². The average molecular weight is 306 g/mol. The smallest absolute Gasteiger partial charge is 0.183 e. The molecule has 9 heteroatoms. The molecule has 0 spiro atoms. The lowest BCUT2D eigenvalue weighted by Crippen LogP contribution is -2.49. The predicted molar refractivity (Wildman–Crippen MR) is 76.9 cm³/mol. The molecular formula is C13H18N6O3. The molecule has 1 aliphatic heterocycles. The van der Waals surface area contributed by atoms with Crippen molar-refractivity contribution < 1.29 is 14.6 Å². The molecule has 22 heavy (non-hydrogen) atoms. The van der Waals surface area contributed by atoms with Gasteiger partial charge in [0.1, 0.15) is 6.33 Å². The van der Waals surface area contributed by atoms with E-state index in [4.69, 9.17) is 20.3 Å². The summed E-state index contributed by atoms with van der Waals surface area (Å²) in [4.78, 5) is 12.9. The van der Waals surface area contributed by atoms with Crippen molar-refractivity contribution in [3.8, 4) is 0 Å². The summed E-state index contributed by atoms with van der Waals surface area (Å²) in [5.74, 6) is 0.682. The highest BCUT2D eigenvalue weighted by atomic mass is 16.7. The van der Waals surface area contributed by atoms with Crippen LogP contribution in [0, 0.1) is 0 Å². The summed E-state index contributed by atoms with van der Waals surface area (Å²) in [7, 11) is 0. The number of nitrogens with two attached hydrogens (primary N) is 1. The maximum atomic E-state index is 9.07. The Kier molecular flexibility index (Phi) is 3.41. The van der Waals surface area contributed by atoms with Gasteiger partial charge < -0.3 is 25.6 Å². The van der Waals surface area contributed by atoms with Gasteiger partial charge in [-0.15, -0.1) is 0 Å². The van der Waals surface area contributed by atoms with Crippen LogP contribution in [0.3, 0.4) is 0 Å². The van der Waals surface area contributed by atoms with Crippen molar-refractivity contribution in [1.82, 2.24) is 19.5 Å². The van der Waals surface area contributed by atoms with Crippen molar-refractivity contribution in [3.63, 3.8) is 0 Å². The number of hydrogen-bond donors (Lipinski definition) is 3. The van der Waals surface area contributed by atoms with Crippen LogP contribution < -0.4 is 11.1 Å². The van der Waals surface area contributed by atoms with Gasteiger partial charge in [-0.05, 0) is 12.8 Å². The van der Waals surface area contributed by atoms with Crippen LogP contribution in [0.5, 0.6) is 0 Å². The molecule has 2 aromatic rings. The van der Waals surface area contributed by atoms with Crippen LogP contribution in [0.25, 0.3) is 11.2 Å². The summed E-state index contributed by atoms with van der Waals surface area (Å²) < 4.78 is 12.7. The minimum Gasteiger partial charge on any atom is -0.391 e. The lowest BCUT2D eigenvalue weighted by atomic mass is 9.87. The molecule has 2 unspecified atom stereocenters. The van der Waals surface area contributed by atoms with E-state index in [9.17, 15) is 0 Å². The number of fused-ring (bicyclic) bond motifs is 1. The first-order valence-electron chi connectivity index (χ1n) is 7.34. The second-order valence-corrected chi connectivity index (χ2v) is 5.57. The molecule has 2 aliphatic rings. The minimum atomic E-state index is -0.602. The molecule has 4 atom stereocenters. The second-order valence-electron chi connectivity index (χ2n) is 5.57. The van der Waals surface area contributed by atoms with Crippen molar-refractivity contribution in [2.75, 3.05) is 18.5 Å². The third-order valence-electron chi connectivity index (χ3n) is 4.20. The Labute approximate surface area is 126 Å². The Morgan fingerprint density at radius 2 is 2.27 bits per heavy atom. The Morgan fingerprint density at radius 1 is 1.36 bits per heavy atom. The van der Waals surface area contributed by atoms with Crippen LogP contribution >= 0.6 is 0 Å². The summed E-state index contributed by atoms with van der Waals surface area (Å²) in [5, 5.41) is 12.4. The maximum Gasteiger partial charge on any atom is 0.183 e. The summed E-state index contributed by atoms with van der Waals surface area (Å²) in [6, 6.07) is 0.386. The summed E-state index contributed by atoms with van der Waals surface area (Å²) in [6.07, 6.45) is 4.25. The van der Waals surface area contributed by atoms with E-state index in [2.05, 4.69) is 20.3 Å². The van der Waals surface area contributed by atoms with Gasteiger partial charge in [-0.2, -0.15) is 0 Å². The molecule has 0 bridgehead atoms. The van der Waals surface area contributed by atoms with Crippen LogP contribution in [0.4, 0.5) is 5.82 Å². The van der Waals surface area contributed by atoms with Gasteiger partial charge in [0.05, 0.1) is 19.5 Å². The van der Waals surface area contributed by atoms with Crippen molar-refractivity contribution in [2.45, 2.75) is 37.4 Å². The lowest BCUT2D eigenvalue weighted by Gasteiger charge is -2.34. The van der Waals surface area contributed by atoms with Gasteiger partial charge >= 0.3 is 0 Å². The second kappa shape index (κ2) is 5.43. The molecule has 1 aliphatic carbocycles. The van der Waals surface area contributed by atoms with E-state index in [1.807, 2.05) is 0 Å². The van der Waals surface area contributed by atoms with Gasteiger partial charge in [-0.25, -0.2) is 15.0 Å². The van der Waals surface area contributed by atoms with E-state index < -0.39 is 6.29 Å². The first kappa shape index (κ1) is 13.8. The van der Waals surface area contributed by atoms with E-state index in [1.165, 1.54) is 6.33 Å². The van der Waals surface area contributed by atoms with Gasteiger partial charge in [0.2, 0.25) is 0 Å². The third kappa shape index (κ3) is 2.22. The number of nitrogens with one attached hydrogen (secondary N) is 1. The maximum absolute atomic E-state index is 9.07. The quantitative estimate of drug-likeness (QED) is 0.697. The minimum absolute atomic E-state index is 0.156. The number of nitrogens with zero attached hydrogens (tertiary/aromatic N) is 4. The monoisotopic (exact) mass is 306 g/mol. The molecule has 1 saturated heterocycles. The van der Waals surface area contributed by atoms with Gasteiger partial charge in [0.25, 0.3) is 0 Å². The molecule has 118 valence electrons. The predicted octanol–water partition coefficient (Wildman–Crippen LogP) is -0.408. The first-order valence-corrected chi connectivity index (χ1v) is 7.34. The van der Waals surface area contributed by atoms with Crippen LogP contribution in [0.1, 0.15) is 19.1 Å². The number of rotatable bonds is 4. The summed E-state index contributed by atoms with van der Waals surface area (Å²) in [5.41, 5.74) is 7.30. The van der Waals surface area contributed by atoms with E-state index in [0.717, 1.165) is 12.8 Å². The number of hydrogen-bond acceptors (Lipinski definition) is 8. The molecule has 9 nitrogen and oxygen atoms in total. The zero-order valence-electron chi connectivity index (χ0n) is 11.9. The molecule has 4 N–H and O–H groups in total. The highest BCUT2D eigenvalue weighted by Crippen LogP contribution is 2.28. The Bertz CT molecular complexity index is 677. The summed E-state index contributed by atoms with van der Waals surface area (Å²) in [6.45, 7) is 0.168. The van der Waals surface area contributed by atoms with Gasteiger partial charge in [0, 0.05) is 12.1 Å². The Balaban J connectivity index is 1.62. The van der Waals surface area contributed by atoms with E-state index in [0.29, 0.717) is 23.6 Å². The number of aromatic nitrogens is 4. The number of anilines is 1. The molecule has 2 aromatic heterocycles. The molecule has 0 radical (unpaired) electrons. The zero-order valence-corrected chi connectivity index (χ0v) is 11.9. The zero-order chi connectivity index (χ0) is 15.1.